The maximum Gasteiger partial charge on any atom is 0.267 e. The van der Waals surface area contributed by atoms with E-state index in [1.165, 1.54) is 29.9 Å². The zero-order chi connectivity index (χ0) is 19.1. The minimum atomic E-state index is -0.183. The molecule has 2 aromatic carbocycles. The summed E-state index contributed by atoms with van der Waals surface area (Å²) in [6, 6.07) is 15.6. The Labute approximate surface area is 171 Å². The summed E-state index contributed by atoms with van der Waals surface area (Å²) < 4.78 is 3.31. The van der Waals surface area contributed by atoms with Crippen LogP contribution < -0.4 is 5.32 Å². The Hall–Kier alpha value is -2.63. The van der Waals surface area contributed by atoms with Crippen LogP contribution in [0.25, 0.3) is 21.5 Å². The van der Waals surface area contributed by atoms with Gasteiger partial charge in [-0.3, -0.25) is 4.79 Å². The Bertz CT molecular complexity index is 1180. The summed E-state index contributed by atoms with van der Waals surface area (Å²) >= 11 is 7.83. The number of aromatic nitrogens is 2. The van der Waals surface area contributed by atoms with Crippen molar-refractivity contribution in [2.75, 3.05) is 5.32 Å². The Kier molecular flexibility index (Phi) is 4.41. The number of thiophene rings is 1. The van der Waals surface area contributed by atoms with Crippen LogP contribution in [0.1, 0.15) is 28.2 Å². The number of halogens is 1. The van der Waals surface area contributed by atoms with Gasteiger partial charge in [0.25, 0.3) is 5.91 Å². The van der Waals surface area contributed by atoms with Crippen molar-refractivity contribution in [1.82, 2.24) is 9.55 Å². The second-order valence-corrected chi connectivity index (χ2v) is 8.38. The molecule has 0 saturated heterocycles. The van der Waals surface area contributed by atoms with Gasteiger partial charge in [-0.2, -0.15) is 0 Å². The number of carbonyl (C=O) groups excluding carboxylic acids is 1. The molecule has 0 spiro atoms. The van der Waals surface area contributed by atoms with Crippen molar-refractivity contribution in [3.63, 3.8) is 0 Å². The average Bonchev–Trinajstić information content (AvgIpc) is 3.30. The van der Waals surface area contributed by atoms with Gasteiger partial charge < -0.3 is 9.88 Å². The summed E-state index contributed by atoms with van der Waals surface area (Å²) in [5, 5.41) is 4.38. The van der Waals surface area contributed by atoms with Crippen LogP contribution in [-0.2, 0) is 13.0 Å². The molecule has 0 unspecified atom stereocenters. The molecule has 28 heavy (non-hydrogen) atoms. The van der Waals surface area contributed by atoms with Gasteiger partial charge in [-0.05, 0) is 49.6 Å². The van der Waals surface area contributed by atoms with Gasteiger partial charge in [0.1, 0.15) is 10.7 Å². The second-order valence-electron chi connectivity index (χ2n) is 6.95. The van der Waals surface area contributed by atoms with E-state index < -0.39 is 0 Å². The average molecular weight is 408 g/mol. The highest BCUT2D eigenvalue weighted by Crippen LogP contribution is 2.35. The predicted octanol–water partition coefficient (Wildman–Crippen LogP) is 6.01. The zero-order valence-corrected chi connectivity index (χ0v) is 16.7. The number of hydrogen-bond donors (Lipinski definition) is 1. The lowest BCUT2D eigenvalue weighted by Crippen LogP contribution is -2.11. The molecule has 4 nitrogen and oxygen atoms in total. The van der Waals surface area contributed by atoms with E-state index in [1.807, 2.05) is 54.7 Å². The number of fused-ring (bicyclic) bond motifs is 2. The Balaban J connectivity index is 1.38. The minimum Gasteiger partial charge on any atom is -0.328 e. The Morgan fingerprint density at radius 3 is 2.75 bits per heavy atom. The monoisotopic (exact) mass is 407 g/mol. The van der Waals surface area contributed by atoms with Crippen LogP contribution in [0.4, 0.5) is 5.69 Å². The van der Waals surface area contributed by atoms with E-state index in [2.05, 4.69) is 14.9 Å². The number of benzene rings is 2. The van der Waals surface area contributed by atoms with Crippen molar-refractivity contribution in [3.8, 4) is 11.4 Å². The number of rotatable bonds is 3. The molecule has 6 heteroatoms. The predicted molar refractivity (Wildman–Crippen MR) is 115 cm³/mol. The number of nitrogens with one attached hydrogen (secondary N) is 1. The van der Waals surface area contributed by atoms with Crippen LogP contribution in [0.5, 0.6) is 0 Å². The summed E-state index contributed by atoms with van der Waals surface area (Å²) in [6.45, 7) is 1.02. The molecule has 1 N–H and O–H groups in total. The third kappa shape index (κ3) is 3.01. The van der Waals surface area contributed by atoms with Gasteiger partial charge in [0.15, 0.2) is 0 Å². The quantitative estimate of drug-likeness (QED) is 0.452. The van der Waals surface area contributed by atoms with Crippen LogP contribution in [0.15, 0.2) is 54.7 Å². The highest BCUT2D eigenvalue weighted by atomic mass is 35.5. The number of carbonyl (C=O) groups is 1. The number of amides is 1. The first-order valence-electron chi connectivity index (χ1n) is 9.34. The van der Waals surface area contributed by atoms with Crippen LogP contribution in [0.3, 0.4) is 0 Å². The highest BCUT2D eigenvalue weighted by molar-refractivity contribution is 7.21. The highest BCUT2D eigenvalue weighted by Gasteiger charge is 2.18. The number of nitrogens with zero attached hydrogens (tertiary/aromatic N) is 2. The van der Waals surface area contributed by atoms with Gasteiger partial charge in [-0.25, -0.2) is 4.98 Å². The van der Waals surface area contributed by atoms with Gasteiger partial charge in [0, 0.05) is 39.8 Å². The molecule has 4 aromatic rings. The molecule has 2 aromatic heterocycles. The molecule has 3 heterocycles. The van der Waals surface area contributed by atoms with E-state index in [1.54, 1.807) is 0 Å². The molecule has 1 amide bonds. The van der Waals surface area contributed by atoms with E-state index in [-0.39, 0.29) is 5.91 Å². The SMILES string of the molecule is O=C(Nc1ccc(-c2ncc3n2CCCC3)cc1)c1sc2ccccc2c1Cl. The van der Waals surface area contributed by atoms with Crippen molar-refractivity contribution >= 4 is 44.6 Å². The van der Waals surface area contributed by atoms with Gasteiger partial charge in [0.05, 0.1) is 5.02 Å². The molecule has 5 rings (SSSR count). The number of anilines is 1. The smallest absolute Gasteiger partial charge is 0.267 e. The lowest BCUT2D eigenvalue weighted by atomic mass is 10.1. The fraction of sp³-hybridized carbons (Fsp3) is 0.182. The topological polar surface area (TPSA) is 46.9 Å². The third-order valence-electron chi connectivity index (χ3n) is 5.14. The normalized spacial score (nSPS) is 13.5. The number of aryl methyl sites for hydroxylation is 1. The standard InChI is InChI=1S/C22H18ClN3OS/c23-19-17-6-1-2-7-18(17)28-20(19)22(27)25-15-10-8-14(9-11-15)21-24-13-16-5-3-4-12-26(16)21/h1-2,6-11,13H,3-5,12H2,(H,25,27). The number of imidazole rings is 1. The van der Waals surface area contributed by atoms with Crippen molar-refractivity contribution in [2.24, 2.45) is 0 Å². The molecule has 1 aliphatic rings. The maximum atomic E-state index is 12.7. The van der Waals surface area contributed by atoms with E-state index in [0.29, 0.717) is 9.90 Å². The molecule has 140 valence electrons. The minimum absolute atomic E-state index is 0.183. The number of hydrogen-bond acceptors (Lipinski definition) is 3. The van der Waals surface area contributed by atoms with E-state index in [0.717, 1.165) is 40.1 Å². The zero-order valence-electron chi connectivity index (χ0n) is 15.1. The summed E-state index contributed by atoms with van der Waals surface area (Å²) in [4.78, 5) is 17.8. The van der Waals surface area contributed by atoms with Gasteiger partial charge >= 0.3 is 0 Å². The van der Waals surface area contributed by atoms with Gasteiger partial charge in [-0.1, -0.05) is 29.8 Å². The Morgan fingerprint density at radius 2 is 1.93 bits per heavy atom. The van der Waals surface area contributed by atoms with E-state index in [9.17, 15) is 4.79 Å². The molecule has 0 bridgehead atoms. The van der Waals surface area contributed by atoms with Gasteiger partial charge in [-0.15, -0.1) is 11.3 Å². The molecular formula is C22H18ClN3OS. The Morgan fingerprint density at radius 1 is 1.11 bits per heavy atom. The van der Waals surface area contributed by atoms with Crippen LogP contribution in [0, 0.1) is 0 Å². The fourth-order valence-electron chi connectivity index (χ4n) is 3.72. The largest absolute Gasteiger partial charge is 0.328 e. The molecule has 0 fully saturated rings. The summed E-state index contributed by atoms with van der Waals surface area (Å²) in [7, 11) is 0. The van der Waals surface area contributed by atoms with Crippen molar-refractivity contribution < 1.29 is 4.79 Å². The molecular weight excluding hydrogens is 390 g/mol. The summed E-state index contributed by atoms with van der Waals surface area (Å²) in [6.07, 6.45) is 5.50. The van der Waals surface area contributed by atoms with Crippen LogP contribution in [0.2, 0.25) is 5.02 Å². The van der Waals surface area contributed by atoms with E-state index in [4.69, 9.17) is 11.6 Å². The van der Waals surface area contributed by atoms with Crippen LogP contribution in [-0.4, -0.2) is 15.5 Å². The first-order valence-corrected chi connectivity index (χ1v) is 10.5. The second kappa shape index (κ2) is 7.08. The first kappa shape index (κ1) is 17.5. The maximum absolute atomic E-state index is 12.7. The third-order valence-corrected chi connectivity index (χ3v) is 6.82. The van der Waals surface area contributed by atoms with Crippen LogP contribution >= 0.6 is 22.9 Å². The van der Waals surface area contributed by atoms with E-state index >= 15 is 0 Å². The first-order chi connectivity index (χ1) is 13.7. The summed E-state index contributed by atoms with van der Waals surface area (Å²) in [5.74, 6) is 0.817. The molecule has 0 radical (unpaired) electrons. The van der Waals surface area contributed by atoms with Gasteiger partial charge in [0.2, 0.25) is 0 Å². The fourth-order valence-corrected chi connectivity index (χ4v) is 5.13. The molecule has 0 aliphatic carbocycles. The molecule has 1 aliphatic heterocycles. The lowest BCUT2D eigenvalue weighted by Gasteiger charge is -2.16. The molecule has 0 atom stereocenters. The molecule has 0 saturated carbocycles. The van der Waals surface area contributed by atoms with Crippen molar-refractivity contribution in [1.29, 1.82) is 0 Å². The van der Waals surface area contributed by atoms with Crippen molar-refractivity contribution in [2.45, 2.75) is 25.8 Å². The van der Waals surface area contributed by atoms with Crippen molar-refractivity contribution in [3.05, 3.63) is 70.3 Å². The lowest BCUT2D eigenvalue weighted by molar-refractivity contribution is 0.103. The summed E-state index contributed by atoms with van der Waals surface area (Å²) in [5.41, 5.74) is 3.11.